The Kier molecular flexibility index (Phi) is 6.15. The third kappa shape index (κ3) is 4.96. The number of amides is 1. The zero-order chi connectivity index (χ0) is 15.9. The van der Waals surface area contributed by atoms with Crippen molar-refractivity contribution < 1.29 is 14.3 Å². The summed E-state index contributed by atoms with van der Waals surface area (Å²) in [6, 6.07) is 3.32. The standard InChI is InChI=1S/C15H20ClN3O3/c1-2-22-15(21)11-4-3-7-19(9-11)10-14(20)18-13-6-5-12(16)8-17-13/h5-6,8,11H,2-4,7,9-10H2,1H3,(H,17,18,20). The second-order valence-corrected chi connectivity index (χ2v) is 5.67. The molecule has 0 saturated carbocycles. The van der Waals surface area contributed by atoms with Crippen LogP contribution in [0.4, 0.5) is 5.82 Å². The number of pyridine rings is 1. The molecule has 2 heterocycles. The van der Waals surface area contributed by atoms with Crippen molar-refractivity contribution in [2.45, 2.75) is 19.8 Å². The van der Waals surface area contributed by atoms with Crippen molar-refractivity contribution in [1.29, 1.82) is 0 Å². The lowest BCUT2D eigenvalue weighted by Crippen LogP contribution is -2.43. The first-order chi connectivity index (χ1) is 10.6. The van der Waals surface area contributed by atoms with Crippen molar-refractivity contribution in [2.24, 2.45) is 5.92 Å². The molecule has 1 atom stereocenters. The number of hydrogen-bond acceptors (Lipinski definition) is 5. The van der Waals surface area contributed by atoms with E-state index in [1.807, 2.05) is 4.90 Å². The van der Waals surface area contributed by atoms with Crippen molar-refractivity contribution >= 4 is 29.3 Å². The van der Waals surface area contributed by atoms with Gasteiger partial charge in [-0.15, -0.1) is 0 Å². The first-order valence-corrected chi connectivity index (χ1v) is 7.76. The molecule has 1 N–H and O–H groups in total. The summed E-state index contributed by atoms with van der Waals surface area (Å²) in [6.07, 6.45) is 3.18. The Morgan fingerprint density at radius 2 is 2.32 bits per heavy atom. The highest BCUT2D eigenvalue weighted by Gasteiger charge is 2.27. The Balaban J connectivity index is 1.83. The summed E-state index contributed by atoms with van der Waals surface area (Å²) in [5.41, 5.74) is 0. The average molecular weight is 326 g/mol. The first-order valence-electron chi connectivity index (χ1n) is 7.39. The van der Waals surface area contributed by atoms with Crippen LogP contribution in [0.3, 0.4) is 0 Å². The number of nitrogens with zero attached hydrogens (tertiary/aromatic N) is 2. The number of rotatable bonds is 5. The highest BCUT2D eigenvalue weighted by molar-refractivity contribution is 6.30. The van der Waals surface area contributed by atoms with Gasteiger partial charge in [0.1, 0.15) is 5.82 Å². The lowest BCUT2D eigenvalue weighted by Gasteiger charge is -2.30. The minimum atomic E-state index is -0.174. The smallest absolute Gasteiger partial charge is 0.310 e. The van der Waals surface area contributed by atoms with E-state index in [1.54, 1.807) is 19.1 Å². The van der Waals surface area contributed by atoms with Crippen LogP contribution < -0.4 is 5.32 Å². The summed E-state index contributed by atoms with van der Waals surface area (Å²) >= 11 is 5.75. The van der Waals surface area contributed by atoms with Crippen LogP contribution in [0, 0.1) is 5.92 Å². The number of aromatic nitrogens is 1. The normalized spacial score (nSPS) is 18.7. The van der Waals surface area contributed by atoms with Gasteiger partial charge in [-0.3, -0.25) is 14.5 Å². The van der Waals surface area contributed by atoms with Gasteiger partial charge in [0.05, 0.1) is 24.1 Å². The maximum Gasteiger partial charge on any atom is 0.310 e. The Morgan fingerprint density at radius 3 is 3.00 bits per heavy atom. The molecule has 1 amide bonds. The molecule has 1 aromatic rings. The summed E-state index contributed by atoms with van der Waals surface area (Å²) in [5.74, 6) is -0.00480. The number of anilines is 1. The SMILES string of the molecule is CCOC(=O)C1CCCN(CC(=O)Nc2ccc(Cl)cn2)C1. The fraction of sp³-hybridized carbons (Fsp3) is 0.533. The Hall–Kier alpha value is -1.66. The molecule has 0 aromatic carbocycles. The van der Waals surface area contributed by atoms with Crippen molar-refractivity contribution in [2.75, 3.05) is 31.6 Å². The van der Waals surface area contributed by atoms with E-state index in [-0.39, 0.29) is 24.3 Å². The van der Waals surface area contributed by atoms with Crippen LogP contribution in [0.25, 0.3) is 0 Å². The zero-order valence-corrected chi connectivity index (χ0v) is 13.3. The van der Waals surface area contributed by atoms with Gasteiger partial charge in [-0.25, -0.2) is 4.98 Å². The molecule has 0 radical (unpaired) electrons. The largest absolute Gasteiger partial charge is 0.466 e. The van der Waals surface area contributed by atoms with E-state index < -0.39 is 0 Å². The maximum atomic E-state index is 12.0. The summed E-state index contributed by atoms with van der Waals surface area (Å²) in [5, 5.41) is 3.24. The summed E-state index contributed by atoms with van der Waals surface area (Å²) in [4.78, 5) is 29.8. The van der Waals surface area contributed by atoms with Gasteiger partial charge in [0, 0.05) is 12.7 Å². The van der Waals surface area contributed by atoms with Crippen molar-refractivity contribution in [3.63, 3.8) is 0 Å². The van der Waals surface area contributed by atoms with Gasteiger partial charge in [-0.1, -0.05) is 11.6 Å². The van der Waals surface area contributed by atoms with Gasteiger partial charge >= 0.3 is 5.97 Å². The van der Waals surface area contributed by atoms with E-state index in [0.717, 1.165) is 19.4 Å². The maximum absolute atomic E-state index is 12.0. The highest BCUT2D eigenvalue weighted by atomic mass is 35.5. The molecule has 2 rings (SSSR count). The number of piperidine rings is 1. The average Bonchev–Trinajstić information content (AvgIpc) is 2.50. The summed E-state index contributed by atoms with van der Waals surface area (Å²) in [6.45, 7) is 3.78. The van der Waals surface area contributed by atoms with Gasteiger partial charge in [-0.05, 0) is 38.4 Å². The van der Waals surface area contributed by atoms with E-state index in [4.69, 9.17) is 16.3 Å². The number of carbonyl (C=O) groups is 2. The molecule has 0 spiro atoms. The van der Waals surface area contributed by atoms with E-state index in [2.05, 4.69) is 10.3 Å². The van der Waals surface area contributed by atoms with Crippen LogP contribution in [0.15, 0.2) is 18.3 Å². The van der Waals surface area contributed by atoms with Crippen molar-refractivity contribution in [3.05, 3.63) is 23.4 Å². The Morgan fingerprint density at radius 1 is 1.50 bits per heavy atom. The van der Waals surface area contributed by atoms with E-state index in [0.29, 0.717) is 24.0 Å². The van der Waals surface area contributed by atoms with Crippen LogP contribution in [0.1, 0.15) is 19.8 Å². The van der Waals surface area contributed by atoms with E-state index in [1.165, 1.54) is 6.20 Å². The Labute approximate surface area is 134 Å². The molecule has 0 aliphatic carbocycles. The molecule has 0 bridgehead atoms. The molecule has 1 unspecified atom stereocenters. The molecule has 6 nitrogen and oxygen atoms in total. The monoisotopic (exact) mass is 325 g/mol. The number of esters is 1. The number of halogens is 1. The predicted octanol–water partition coefficient (Wildman–Crippen LogP) is 1.95. The zero-order valence-electron chi connectivity index (χ0n) is 12.5. The fourth-order valence-corrected chi connectivity index (χ4v) is 2.60. The molecular weight excluding hydrogens is 306 g/mol. The molecular formula is C15H20ClN3O3. The fourth-order valence-electron chi connectivity index (χ4n) is 2.49. The summed E-state index contributed by atoms with van der Waals surface area (Å²) in [7, 11) is 0. The molecule has 1 saturated heterocycles. The lowest BCUT2D eigenvalue weighted by molar-refractivity contribution is -0.150. The molecule has 1 aliphatic heterocycles. The molecule has 1 aliphatic rings. The molecule has 7 heteroatoms. The quantitative estimate of drug-likeness (QED) is 0.838. The van der Waals surface area contributed by atoms with Crippen molar-refractivity contribution in [1.82, 2.24) is 9.88 Å². The van der Waals surface area contributed by atoms with Crippen LogP contribution in [-0.2, 0) is 14.3 Å². The second kappa shape index (κ2) is 8.10. The third-order valence-electron chi connectivity index (χ3n) is 3.49. The number of carbonyl (C=O) groups excluding carboxylic acids is 2. The Bertz CT molecular complexity index is 521. The highest BCUT2D eigenvalue weighted by Crippen LogP contribution is 2.18. The minimum Gasteiger partial charge on any atom is -0.466 e. The van der Waals surface area contributed by atoms with Crippen LogP contribution >= 0.6 is 11.6 Å². The first kappa shape index (κ1) is 16.7. The summed E-state index contributed by atoms with van der Waals surface area (Å²) < 4.78 is 5.05. The number of ether oxygens (including phenoxy) is 1. The lowest BCUT2D eigenvalue weighted by atomic mass is 9.98. The van der Waals surface area contributed by atoms with Crippen LogP contribution in [0.5, 0.6) is 0 Å². The number of hydrogen-bond donors (Lipinski definition) is 1. The van der Waals surface area contributed by atoms with Gasteiger partial charge in [-0.2, -0.15) is 0 Å². The second-order valence-electron chi connectivity index (χ2n) is 5.24. The van der Waals surface area contributed by atoms with E-state index >= 15 is 0 Å². The van der Waals surface area contributed by atoms with Gasteiger partial charge < -0.3 is 10.1 Å². The van der Waals surface area contributed by atoms with E-state index in [9.17, 15) is 9.59 Å². The van der Waals surface area contributed by atoms with Crippen molar-refractivity contribution in [3.8, 4) is 0 Å². The molecule has 1 aromatic heterocycles. The minimum absolute atomic E-state index is 0.143. The molecule has 120 valence electrons. The topological polar surface area (TPSA) is 71.5 Å². The van der Waals surface area contributed by atoms with Gasteiger partial charge in [0.25, 0.3) is 0 Å². The third-order valence-corrected chi connectivity index (χ3v) is 3.71. The molecule has 1 fully saturated rings. The van der Waals surface area contributed by atoms with Gasteiger partial charge in [0.2, 0.25) is 5.91 Å². The number of likely N-dealkylation sites (tertiary alicyclic amines) is 1. The predicted molar refractivity (Wildman–Crippen MR) is 83.7 cm³/mol. The van der Waals surface area contributed by atoms with Crippen LogP contribution in [0.2, 0.25) is 5.02 Å². The van der Waals surface area contributed by atoms with Crippen LogP contribution in [-0.4, -0.2) is 48.0 Å². The molecule has 22 heavy (non-hydrogen) atoms. The number of nitrogens with one attached hydrogen (secondary N) is 1. The van der Waals surface area contributed by atoms with Gasteiger partial charge in [0.15, 0.2) is 0 Å².